The molecule has 0 amide bonds. The molecule has 0 aromatic heterocycles. The molecule has 0 radical (unpaired) electrons. The van der Waals surface area contributed by atoms with Crippen LogP contribution in [0.5, 0.6) is 5.75 Å². The Morgan fingerprint density at radius 2 is 1.79 bits per heavy atom. The van der Waals surface area contributed by atoms with E-state index in [-0.39, 0.29) is 0 Å². The van der Waals surface area contributed by atoms with Crippen LogP contribution in [0.2, 0.25) is 0 Å². The van der Waals surface area contributed by atoms with Gasteiger partial charge in [-0.1, -0.05) is 31.2 Å². The Labute approximate surface area is 122 Å². The maximum Gasteiger partial charge on any atom is 0.119 e. The number of anilines is 1. The molecule has 0 aliphatic carbocycles. The number of hydrogen-bond acceptors (Lipinski definition) is 2. The van der Waals surface area contributed by atoms with E-state index in [1.54, 1.807) is 0 Å². The van der Waals surface area contributed by atoms with Crippen molar-refractivity contribution >= 4 is 21.6 Å². The second-order valence-corrected chi connectivity index (χ2v) is 5.18. The summed E-state index contributed by atoms with van der Waals surface area (Å²) in [5.74, 6) is 0.937. The fourth-order valence-electron chi connectivity index (χ4n) is 1.73. The predicted octanol–water partition coefficient (Wildman–Crippen LogP) is 4.85. The van der Waals surface area contributed by atoms with E-state index in [0.717, 1.165) is 35.5 Å². The average molecular weight is 320 g/mol. The largest absolute Gasteiger partial charge is 0.494 e. The van der Waals surface area contributed by atoms with Gasteiger partial charge in [-0.15, -0.1) is 0 Å². The van der Waals surface area contributed by atoms with Crippen LogP contribution in [-0.4, -0.2) is 6.61 Å². The quantitative estimate of drug-likeness (QED) is 0.821. The van der Waals surface area contributed by atoms with Gasteiger partial charge in [-0.2, -0.15) is 0 Å². The van der Waals surface area contributed by atoms with Crippen LogP contribution >= 0.6 is 15.9 Å². The standard InChI is InChI=1S/C16H18BrNO/c1-2-11-19-14-9-7-13(8-10-14)12-18-16-6-4-3-5-15(16)17/h3-10,18H,2,11-12H2,1H3. The number of para-hydroxylation sites is 1. The van der Waals surface area contributed by atoms with E-state index in [1.165, 1.54) is 5.56 Å². The number of rotatable bonds is 6. The van der Waals surface area contributed by atoms with Crippen molar-refractivity contribution in [2.24, 2.45) is 0 Å². The molecule has 19 heavy (non-hydrogen) atoms. The molecule has 0 bridgehead atoms. The summed E-state index contributed by atoms with van der Waals surface area (Å²) < 4.78 is 6.65. The summed E-state index contributed by atoms with van der Waals surface area (Å²) in [6.07, 6.45) is 1.03. The van der Waals surface area contributed by atoms with E-state index in [0.29, 0.717) is 0 Å². The summed E-state index contributed by atoms with van der Waals surface area (Å²) in [5.41, 5.74) is 2.34. The Morgan fingerprint density at radius 1 is 1.05 bits per heavy atom. The van der Waals surface area contributed by atoms with Gasteiger partial charge in [0, 0.05) is 16.7 Å². The molecular weight excluding hydrogens is 302 g/mol. The summed E-state index contributed by atoms with van der Waals surface area (Å²) >= 11 is 3.53. The lowest BCUT2D eigenvalue weighted by Gasteiger charge is -2.09. The van der Waals surface area contributed by atoms with E-state index in [9.17, 15) is 0 Å². The molecule has 0 heterocycles. The first-order valence-corrected chi connectivity index (χ1v) is 7.29. The van der Waals surface area contributed by atoms with Crippen LogP contribution in [0.4, 0.5) is 5.69 Å². The fraction of sp³-hybridized carbons (Fsp3) is 0.250. The van der Waals surface area contributed by atoms with Crippen molar-refractivity contribution in [2.45, 2.75) is 19.9 Å². The molecule has 2 nitrogen and oxygen atoms in total. The molecule has 2 aromatic rings. The molecule has 0 atom stereocenters. The second-order valence-electron chi connectivity index (χ2n) is 4.33. The normalized spacial score (nSPS) is 10.2. The Balaban J connectivity index is 1.91. The highest BCUT2D eigenvalue weighted by atomic mass is 79.9. The van der Waals surface area contributed by atoms with Crippen molar-refractivity contribution < 1.29 is 4.74 Å². The highest BCUT2D eigenvalue weighted by molar-refractivity contribution is 9.10. The Kier molecular flexibility index (Phi) is 5.28. The molecule has 100 valence electrons. The number of halogens is 1. The molecule has 2 rings (SSSR count). The van der Waals surface area contributed by atoms with Crippen molar-refractivity contribution in [1.29, 1.82) is 0 Å². The molecule has 0 aliphatic rings. The minimum Gasteiger partial charge on any atom is -0.494 e. The monoisotopic (exact) mass is 319 g/mol. The topological polar surface area (TPSA) is 21.3 Å². The summed E-state index contributed by atoms with van der Waals surface area (Å²) in [6, 6.07) is 16.3. The van der Waals surface area contributed by atoms with Crippen LogP contribution in [0.15, 0.2) is 53.0 Å². The minimum absolute atomic E-state index is 0.772. The SMILES string of the molecule is CCCOc1ccc(CNc2ccccc2Br)cc1. The van der Waals surface area contributed by atoms with E-state index in [2.05, 4.69) is 46.4 Å². The molecule has 0 fully saturated rings. The average Bonchev–Trinajstić information content (AvgIpc) is 2.45. The molecule has 0 unspecified atom stereocenters. The van der Waals surface area contributed by atoms with E-state index >= 15 is 0 Å². The number of ether oxygens (including phenoxy) is 1. The highest BCUT2D eigenvalue weighted by Gasteiger charge is 1.99. The Bertz CT molecular complexity index is 510. The first-order valence-electron chi connectivity index (χ1n) is 6.49. The zero-order valence-electron chi connectivity index (χ0n) is 11.0. The molecule has 2 aromatic carbocycles. The van der Waals surface area contributed by atoms with Crippen molar-refractivity contribution in [3.8, 4) is 5.75 Å². The van der Waals surface area contributed by atoms with Gasteiger partial charge in [-0.05, 0) is 52.2 Å². The van der Waals surface area contributed by atoms with Crippen LogP contribution < -0.4 is 10.1 Å². The summed E-state index contributed by atoms with van der Waals surface area (Å²) in [4.78, 5) is 0. The molecular formula is C16H18BrNO. The number of benzene rings is 2. The van der Waals surface area contributed by atoms with Crippen molar-refractivity contribution in [1.82, 2.24) is 0 Å². The van der Waals surface area contributed by atoms with Gasteiger partial charge in [0.2, 0.25) is 0 Å². The first-order chi connectivity index (χ1) is 9.29. The Morgan fingerprint density at radius 3 is 2.47 bits per heavy atom. The maximum absolute atomic E-state index is 5.56. The van der Waals surface area contributed by atoms with Crippen LogP contribution in [-0.2, 0) is 6.54 Å². The lowest BCUT2D eigenvalue weighted by Crippen LogP contribution is -2.00. The molecule has 0 aliphatic heterocycles. The minimum atomic E-state index is 0.772. The van der Waals surface area contributed by atoms with Gasteiger partial charge < -0.3 is 10.1 Å². The highest BCUT2D eigenvalue weighted by Crippen LogP contribution is 2.22. The maximum atomic E-state index is 5.56. The van der Waals surface area contributed by atoms with Crippen LogP contribution in [0.25, 0.3) is 0 Å². The number of nitrogens with one attached hydrogen (secondary N) is 1. The smallest absolute Gasteiger partial charge is 0.119 e. The molecule has 0 saturated heterocycles. The third-order valence-electron chi connectivity index (χ3n) is 2.75. The predicted molar refractivity (Wildman–Crippen MR) is 83.7 cm³/mol. The van der Waals surface area contributed by atoms with Crippen LogP contribution in [0.1, 0.15) is 18.9 Å². The summed E-state index contributed by atoms with van der Waals surface area (Å²) in [5, 5.41) is 3.40. The molecule has 0 saturated carbocycles. The summed E-state index contributed by atoms with van der Waals surface area (Å²) in [7, 11) is 0. The van der Waals surface area contributed by atoms with Crippen molar-refractivity contribution in [3.63, 3.8) is 0 Å². The van der Waals surface area contributed by atoms with E-state index < -0.39 is 0 Å². The van der Waals surface area contributed by atoms with Gasteiger partial charge in [0.1, 0.15) is 5.75 Å². The van der Waals surface area contributed by atoms with Gasteiger partial charge in [0.05, 0.1) is 6.61 Å². The van der Waals surface area contributed by atoms with Gasteiger partial charge in [-0.25, -0.2) is 0 Å². The lowest BCUT2D eigenvalue weighted by molar-refractivity contribution is 0.317. The molecule has 1 N–H and O–H groups in total. The first kappa shape index (κ1) is 13.9. The Hall–Kier alpha value is -1.48. The second kappa shape index (κ2) is 7.19. The van der Waals surface area contributed by atoms with E-state index in [4.69, 9.17) is 4.74 Å². The zero-order valence-corrected chi connectivity index (χ0v) is 12.6. The summed E-state index contributed by atoms with van der Waals surface area (Å²) in [6.45, 7) is 3.68. The van der Waals surface area contributed by atoms with Crippen molar-refractivity contribution in [2.75, 3.05) is 11.9 Å². The van der Waals surface area contributed by atoms with Crippen LogP contribution in [0, 0.1) is 0 Å². The number of hydrogen-bond donors (Lipinski definition) is 1. The molecule has 0 spiro atoms. The fourth-order valence-corrected chi connectivity index (χ4v) is 2.15. The van der Waals surface area contributed by atoms with Gasteiger partial charge in [0.25, 0.3) is 0 Å². The van der Waals surface area contributed by atoms with Gasteiger partial charge in [0.15, 0.2) is 0 Å². The molecule has 3 heteroatoms. The van der Waals surface area contributed by atoms with Gasteiger partial charge in [-0.3, -0.25) is 0 Å². The van der Waals surface area contributed by atoms with E-state index in [1.807, 2.05) is 30.3 Å². The lowest BCUT2D eigenvalue weighted by atomic mass is 10.2. The third-order valence-corrected chi connectivity index (χ3v) is 3.44. The van der Waals surface area contributed by atoms with Crippen molar-refractivity contribution in [3.05, 3.63) is 58.6 Å². The van der Waals surface area contributed by atoms with Gasteiger partial charge >= 0.3 is 0 Å². The zero-order chi connectivity index (χ0) is 13.5. The van der Waals surface area contributed by atoms with Crippen LogP contribution in [0.3, 0.4) is 0 Å². The third kappa shape index (κ3) is 4.28.